The number of nitrogens with zero attached hydrogens (tertiary/aromatic N) is 1. The van der Waals surface area contributed by atoms with Crippen LogP contribution in [0.3, 0.4) is 0 Å². The van der Waals surface area contributed by atoms with Crippen molar-refractivity contribution in [2.45, 2.75) is 13.8 Å². The Morgan fingerprint density at radius 1 is 1.08 bits per heavy atom. The quantitative estimate of drug-likeness (QED) is 0.710. The molecule has 2 aromatic rings. The second kappa shape index (κ2) is 8.54. The molecular formula is C21H25N3O2. The van der Waals surface area contributed by atoms with Gasteiger partial charge in [-0.05, 0) is 43.4 Å². The van der Waals surface area contributed by atoms with Gasteiger partial charge in [-0.1, -0.05) is 32.0 Å². The molecule has 26 heavy (non-hydrogen) atoms. The molecule has 0 saturated heterocycles. The maximum Gasteiger partial charge on any atom is 0.257 e. The van der Waals surface area contributed by atoms with E-state index >= 15 is 0 Å². The summed E-state index contributed by atoms with van der Waals surface area (Å²) in [5.74, 6) is 0.759. The highest BCUT2D eigenvalue weighted by molar-refractivity contribution is 6.31. The smallest absolute Gasteiger partial charge is 0.257 e. The number of nitrogens with one attached hydrogen (secondary N) is 2. The Hall–Kier alpha value is -2.79. The van der Waals surface area contributed by atoms with Crippen molar-refractivity contribution in [3.63, 3.8) is 0 Å². The summed E-state index contributed by atoms with van der Waals surface area (Å²) in [5, 5.41) is 6.05. The first-order valence-corrected chi connectivity index (χ1v) is 9.04. The molecule has 5 nitrogen and oxygen atoms in total. The van der Waals surface area contributed by atoms with Crippen LogP contribution in [0.1, 0.15) is 19.4 Å². The number of anilines is 2. The van der Waals surface area contributed by atoms with E-state index in [1.54, 1.807) is 6.20 Å². The number of rotatable bonds is 8. The molecular weight excluding hydrogens is 326 g/mol. The van der Waals surface area contributed by atoms with Gasteiger partial charge < -0.3 is 20.3 Å². The highest BCUT2D eigenvalue weighted by Gasteiger charge is 2.23. The minimum Gasteiger partial charge on any atom is -0.492 e. The van der Waals surface area contributed by atoms with Gasteiger partial charge in [-0.2, -0.15) is 0 Å². The molecule has 1 heterocycles. The summed E-state index contributed by atoms with van der Waals surface area (Å²) in [6, 6.07) is 15.4. The monoisotopic (exact) mass is 351 g/mol. The number of carbonyl (C=O) groups is 1. The lowest BCUT2D eigenvalue weighted by Crippen LogP contribution is -2.27. The number of benzene rings is 2. The average molecular weight is 351 g/mol. The lowest BCUT2D eigenvalue weighted by Gasteiger charge is -2.18. The van der Waals surface area contributed by atoms with E-state index in [9.17, 15) is 4.79 Å². The number of amides is 1. The van der Waals surface area contributed by atoms with E-state index in [2.05, 4.69) is 29.4 Å². The third kappa shape index (κ3) is 4.24. The number of ether oxygens (including phenoxy) is 1. The van der Waals surface area contributed by atoms with Gasteiger partial charge in [0.05, 0.1) is 5.57 Å². The van der Waals surface area contributed by atoms with E-state index < -0.39 is 0 Å². The summed E-state index contributed by atoms with van der Waals surface area (Å²) in [4.78, 5) is 14.4. The van der Waals surface area contributed by atoms with Crippen LogP contribution in [-0.4, -0.2) is 37.0 Å². The number of carbonyl (C=O) groups excluding carboxylic acids is 1. The third-order valence-corrected chi connectivity index (χ3v) is 4.52. The van der Waals surface area contributed by atoms with Crippen LogP contribution in [-0.2, 0) is 4.79 Å². The van der Waals surface area contributed by atoms with Gasteiger partial charge in [0.15, 0.2) is 0 Å². The minimum atomic E-state index is -0.0879. The number of hydrogen-bond acceptors (Lipinski definition) is 4. The van der Waals surface area contributed by atoms with Crippen molar-refractivity contribution in [1.82, 2.24) is 4.90 Å². The Morgan fingerprint density at radius 3 is 2.54 bits per heavy atom. The topological polar surface area (TPSA) is 53.6 Å². The Morgan fingerprint density at radius 2 is 1.81 bits per heavy atom. The molecule has 1 aliphatic rings. The molecule has 0 bridgehead atoms. The standard InChI is InChI=1S/C21H25N3O2/c1-3-24(4-2)13-14-26-17-11-9-16(10-12-17)22-15-19-18-7-5-6-8-20(18)23-21(19)25/h5-12,15,22H,3-4,13-14H2,1-2H3,(H,23,25). The molecule has 1 amide bonds. The summed E-state index contributed by atoms with van der Waals surface area (Å²) in [6.07, 6.45) is 1.75. The summed E-state index contributed by atoms with van der Waals surface area (Å²) in [7, 11) is 0. The van der Waals surface area contributed by atoms with Gasteiger partial charge in [-0.25, -0.2) is 0 Å². The average Bonchev–Trinajstić information content (AvgIpc) is 2.99. The SMILES string of the molecule is CCN(CC)CCOc1ccc(NC=C2C(=O)Nc3ccccc32)cc1. The van der Waals surface area contributed by atoms with E-state index in [1.807, 2.05) is 48.5 Å². The van der Waals surface area contributed by atoms with Crippen molar-refractivity contribution in [2.75, 3.05) is 36.9 Å². The van der Waals surface area contributed by atoms with Crippen molar-refractivity contribution in [3.8, 4) is 5.75 Å². The molecule has 0 aliphatic carbocycles. The Bertz CT molecular complexity index is 780. The van der Waals surface area contributed by atoms with Crippen LogP contribution in [0.5, 0.6) is 5.75 Å². The summed E-state index contributed by atoms with van der Waals surface area (Å²) in [6.45, 7) is 7.98. The predicted octanol–water partition coefficient (Wildman–Crippen LogP) is 3.81. The first kappa shape index (κ1) is 18.0. The highest BCUT2D eigenvalue weighted by Crippen LogP contribution is 2.31. The van der Waals surface area contributed by atoms with E-state index in [0.29, 0.717) is 12.2 Å². The van der Waals surface area contributed by atoms with Crippen LogP contribution in [0.15, 0.2) is 54.7 Å². The zero-order valence-electron chi connectivity index (χ0n) is 15.3. The zero-order valence-corrected chi connectivity index (χ0v) is 15.3. The number of para-hydroxylation sites is 1. The first-order valence-electron chi connectivity index (χ1n) is 9.04. The minimum absolute atomic E-state index is 0.0879. The van der Waals surface area contributed by atoms with Crippen LogP contribution >= 0.6 is 0 Å². The van der Waals surface area contributed by atoms with Crippen molar-refractivity contribution in [1.29, 1.82) is 0 Å². The van der Waals surface area contributed by atoms with Crippen LogP contribution in [0.4, 0.5) is 11.4 Å². The van der Waals surface area contributed by atoms with Crippen LogP contribution in [0.25, 0.3) is 5.57 Å². The lowest BCUT2D eigenvalue weighted by atomic mass is 10.1. The molecule has 2 aromatic carbocycles. The van der Waals surface area contributed by atoms with Crippen LogP contribution < -0.4 is 15.4 Å². The first-order chi connectivity index (χ1) is 12.7. The molecule has 0 radical (unpaired) electrons. The van der Waals surface area contributed by atoms with E-state index in [-0.39, 0.29) is 5.91 Å². The van der Waals surface area contributed by atoms with Crippen LogP contribution in [0, 0.1) is 0 Å². The van der Waals surface area contributed by atoms with Gasteiger partial charge in [0, 0.05) is 29.7 Å². The Labute approximate surface area is 154 Å². The maximum atomic E-state index is 12.1. The maximum absolute atomic E-state index is 12.1. The van der Waals surface area contributed by atoms with E-state index in [4.69, 9.17) is 4.74 Å². The Kier molecular flexibility index (Phi) is 5.92. The lowest BCUT2D eigenvalue weighted by molar-refractivity contribution is -0.110. The molecule has 5 heteroatoms. The second-order valence-electron chi connectivity index (χ2n) is 6.10. The van der Waals surface area contributed by atoms with Gasteiger partial charge in [-0.3, -0.25) is 4.79 Å². The molecule has 3 rings (SSSR count). The van der Waals surface area contributed by atoms with Crippen LogP contribution in [0.2, 0.25) is 0 Å². The highest BCUT2D eigenvalue weighted by atomic mass is 16.5. The Balaban J connectivity index is 1.57. The van der Waals surface area contributed by atoms with Crippen molar-refractivity contribution < 1.29 is 9.53 Å². The summed E-state index contributed by atoms with van der Waals surface area (Å²) >= 11 is 0. The van der Waals surface area contributed by atoms with Gasteiger partial charge in [0.2, 0.25) is 0 Å². The molecule has 2 N–H and O–H groups in total. The molecule has 1 aliphatic heterocycles. The number of hydrogen-bond donors (Lipinski definition) is 2. The molecule has 0 fully saturated rings. The summed E-state index contributed by atoms with van der Waals surface area (Å²) in [5.41, 5.74) is 3.31. The van der Waals surface area contributed by atoms with Gasteiger partial charge in [-0.15, -0.1) is 0 Å². The van der Waals surface area contributed by atoms with Crippen molar-refractivity contribution in [2.24, 2.45) is 0 Å². The number of fused-ring (bicyclic) bond motifs is 1. The molecule has 0 unspecified atom stereocenters. The molecule has 0 saturated carbocycles. The normalized spacial score (nSPS) is 14.4. The fourth-order valence-electron chi connectivity index (χ4n) is 2.92. The fraction of sp³-hybridized carbons (Fsp3) is 0.286. The number of likely N-dealkylation sites (N-methyl/N-ethyl adjacent to an activating group) is 1. The molecule has 0 atom stereocenters. The van der Waals surface area contributed by atoms with Gasteiger partial charge in [0.25, 0.3) is 5.91 Å². The fourth-order valence-corrected chi connectivity index (χ4v) is 2.92. The zero-order chi connectivity index (χ0) is 18.4. The largest absolute Gasteiger partial charge is 0.492 e. The van der Waals surface area contributed by atoms with Gasteiger partial charge >= 0.3 is 0 Å². The van der Waals surface area contributed by atoms with Crippen molar-refractivity contribution >= 4 is 22.9 Å². The third-order valence-electron chi connectivity index (χ3n) is 4.52. The molecule has 0 aromatic heterocycles. The predicted molar refractivity (Wildman–Crippen MR) is 106 cm³/mol. The summed E-state index contributed by atoms with van der Waals surface area (Å²) < 4.78 is 5.79. The molecule has 0 spiro atoms. The van der Waals surface area contributed by atoms with Crippen molar-refractivity contribution in [3.05, 3.63) is 60.3 Å². The van der Waals surface area contributed by atoms with E-state index in [0.717, 1.165) is 42.3 Å². The second-order valence-corrected chi connectivity index (χ2v) is 6.10. The molecule has 136 valence electrons. The van der Waals surface area contributed by atoms with E-state index in [1.165, 1.54) is 0 Å². The van der Waals surface area contributed by atoms with Gasteiger partial charge in [0.1, 0.15) is 12.4 Å².